The van der Waals surface area contributed by atoms with Crippen molar-refractivity contribution in [1.82, 2.24) is 14.3 Å². The van der Waals surface area contributed by atoms with E-state index in [4.69, 9.17) is 0 Å². The molecule has 0 radical (unpaired) electrons. The monoisotopic (exact) mass is 385 g/mol. The van der Waals surface area contributed by atoms with Crippen molar-refractivity contribution in [3.8, 4) is 0 Å². The average molecular weight is 385 g/mol. The van der Waals surface area contributed by atoms with Gasteiger partial charge >= 0.3 is 5.69 Å². The second-order valence-electron chi connectivity index (χ2n) is 7.59. The number of aryl methyl sites for hydroxylation is 1. The minimum Gasteiger partial charge on any atom is -0.326 e. The largest absolute Gasteiger partial charge is 0.346 e. The molecule has 0 fully saturated rings. The lowest BCUT2D eigenvalue weighted by Crippen LogP contribution is -2.30. The maximum absolute atomic E-state index is 12.4. The van der Waals surface area contributed by atoms with Crippen LogP contribution in [-0.4, -0.2) is 26.2 Å². The van der Waals surface area contributed by atoms with Gasteiger partial charge < -0.3 is 10.6 Å². The lowest BCUT2D eigenvalue weighted by Gasteiger charge is -2.09. The predicted molar refractivity (Wildman–Crippen MR) is 107 cm³/mol. The molecule has 0 atom stereocenters. The van der Waals surface area contributed by atoms with Crippen molar-refractivity contribution in [2.75, 3.05) is 10.6 Å². The van der Waals surface area contributed by atoms with Crippen molar-refractivity contribution in [3.63, 3.8) is 0 Å². The Bertz CT molecular complexity index is 896. The van der Waals surface area contributed by atoms with Crippen molar-refractivity contribution >= 4 is 23.2 Å². The van der Waals surface area contributed by atoms with E-state index in [1.807, 2.05) is 13.8 Å². The number of amides is 2. The lowest BCUT2D eigenvalue weighted by molar-refractivity contribution is -0.117. The Kier molecular flexibility index (Phi) is 6.28. The number of nitrogens with one attached hydrogen (secondary N) is 2. The van der Waals surface area contributed by atoms with Gasteiger partial charge in [-0.05, 0) is 43.0 Å². The number of hydrogen-bond acceptors (Lipinski definition) is 4. The van der Waals surface area contributed by atoms with Gasteiger partial charge in [-0.1, -0.05) is 20.3 Å². The van der Waals surface area contributed by atoms with E-state index >= 15 is 0 Å². The van der Waals surface area contributed by atoms with Crippen LogP contribution in [0.2, 0.25) is 0 Å². The van der Waals surface area contributed by atoms with Gasteiger partial charge in [0.25, 0.3) is 0 Å². The summed E-state index contributed by atoms with van der Waals surface area (Å²) in [5.74, 6) is 0.703. The van der Waals surface area contributed by atoms with Crippen LogP contribution in [-0.2, 0) is 29.1 Å². The van der Waals surface area contributed by atoms with Crippen LogP contribution in [0.3, 0.4) is 0 Å². The van der Waals surface area contributed by atoms with E-state index in [9.17, 15) is 14.4 Å². The summed E-state index contributed by atoms with van der Waals surface area (Å²) in [6, 6.07) is 6.90. The third-order valence-electron chi connectivity index (χ3n) is 4.62. The molecule has 1 aliphatic heterocycles. The van der Waals surface area contributed by atoms with E-state index in [1.165, 1.54) is 4.68 Å². The van der Waals surface area contributed by atoms with Crippen LogP contribution in [0.15, 0.2) is 29.1 Å². The number of aromatic nitrogens is 3. The van der Waals surface area contributed by atoms with Crippen molar-refractivity contribution in [2.24, 2.45) is 5.92 Å². The van der Waals surface area contributed by atoms with Crippen molar-refractivity contribution in [2.45, 2.75) is 59.0 Å². The number of anilines is 2. The van der Waals surface area contributed by atoms with Crippen molar-refractivity contribution < 1.29 is 9.59 Å². The Balaban J connectivity index is 1.58. The summed E-state index contributed by atoms with van der Waals surface area (Å²) in [4.78, 5) is 36.5. The molecule has 3 rings (SSSR count). The van der Waals surface area contributed by atoms with E-state index in [0.29, 0.717) is 30.3 Å². The summed E-state index contributed by atoms with van der Waals surface area (Å²) >= 11 is 0. The van der Waals surface area contributed by atoms with Gasteiger partial charge in [0.05, 0.1) is 0 Å². The number of benzene rings is 1. The fraction of sp³-hybridized carbons (Fsp3) is 0.500. The number of carbonyl (C=O) groups is 2. The van der Waals surface area contributed by atoms with E-state index in [2.05, 4.69) is 15.7 Å². The fourth-order valence-corrected chi connectivity index (χ4v) is 3.28. The zero-order valence-corrected chi connectivity index (χ0v) is 16.4. The molecule has 1 aliphatic rings. The molecule has 8 nitrogen and oxygen atoms in total. The molecule has 150 valence electrons. The minimum atomic E-state index is -0.313. The van der Waals surface area contributed by atoms with Crippen molar-refractivity contribution in [1.29, 1.82) is 0 Å². The smallest absolute Gasteiger partial charge is 0.326 e. The average Bonchev–Trinajstić information content (AvgIpc) is 2.80. The number of rotatable bonds is 6. The van der Waals surface area contributed by atoms with Gasteiger partial charge in [-0.25, -0.2) is 9.48 Å². The Morgan fingerprint density at radius 1 is 1.04 bits per heavy atom. The van der Waals surface area contributed by atoms with Gasteiger partial charge in [0.1, 0.15) is 12.4 Å². The molecule has 2 aromatic rings. The Hall–Kier alpha value is -2.90. The molecule has 2 heterocycles. The Morgan fingerprint density at radius 3 is 2.32 bits per heavy atom. The van der Waals surface area contributed by atoms with Crippen LogP contribution in [0, 0.1) is 5.92 Å². The first kappa shape index (κ1) is 19.9. The zero-order chi connectivity index (χ0) is 20.1. The van der Waals surface area contributed by atoms with E-state index in [0.717, 1.165) is 31.5 Å². The molecular formula is C20H27N5O3. The van der Waals surface area contributed by atoms with Crippen LogP contribution < -0.4 is 16.3 Å². The van der Waals surface area contributed by atoms with Gasteiger partial charge in [0, 0.05) is 30.8 Å². The first-order chi connectivity index (χ1) is 13.4. The summed E-state index contributed by atoms with van der Waals surface area (Å²) in [7, 11) is 0. The summed E-state index contributed by atoms with van der Waals surface area (Å²) in [6.45, 7) is 4.52. The molecule has 0 spiro atoms. The van der Waals surface area contributed by atoms with Gasteiger partial charge in [0.2, 0.25) is 11.8 Å². The highest BCUT2D eigenvalue weighted by molar-refractivity contribution is 5.92. The zero-order valence-electron chi connectivity index (χ0n) is 16.4. The van der Waals surface area contributed by atoms with Crippen molar-refractivity contribution in [3.05, 3.63) is 40.6 Å². The molecule has 2 N–H and O–H groups in total. The quantitative estimate of drug-likeness (QED) is 0.798. The molecule has 0 aliphatic carbocycles. The normalized spacial score (nSPS) is 13.7. The van der Waals surface area contributed by atoms with E-state index < -0.39 is 0 Å². The maximum atomic E-state index is 12.4. The van der Waals surface area contributed by atoms with Gasteiger partial charge in [-0.2, -0.15) is 5.10 Å². The molecule has 2 amide bonds. The minimum absolute atomic E-state index is 0.0364. The molecule has 0 bridgehead atoms. The van der Waals surface area contributed by atoms with E-state index in [1.54, 1.807) is 28.8 Å². The number of fused-ring (bicyclic) bond motifs is 1. The summed E-state index contributed by atoms with van der Waals surface area (Å²) in [5.41, 5.74) is 1.05. The fourth-order valence-electron chi connectivity index (χ4n) is 3.28. The third-order valence-corrected chi connectivity index (χ3v) is 4.62. The van der Waals surface area contributed by atoms with Crippen LogP contribution in [0.4, 0.5) is 11.4 Å². The molecule has 0 saturated carbocycles. The molecule has 1 aromatic heterocycles. The SMILES string of the molecule is CC(C)CC(=O)Nc1ccc(NC(=O)Cn2nc3n(c2=O)CCCCC3)cc1. The number of hydrogen-bond donors (Lipinski definition) is 2. The predicted octanol–water partition coefficient (Wildman–Crippen LogP) is 2.39. The molecule has 1 aromatic carbocycles. The van der Waals surface area contributed by atoms with Crippen LogP contribution in [0.5, 0.6) is 0 Å². The highest BCUT2D eigenvalue weighted by Gasteiger charge is 2.17. The number of carbonyl (C=O) groups excluding carboxylic acids is 2. The second-order valence-corrected chi connectivity index (χ2v) is 7.59. The molecule has 28 heavy (non-hydrogen) atoms. The lowest BCUT2D eigenvalue weighted by atomic mass is 10.1. The third kappa shape index (κ3) is 5.09. The molecule has 8 heteroatoms. The topological polar surface area (TPSA) is 98.0 Å². The summed E-state index contributed by atoms with van der Waals surface area (Å²) in [6.07, 6.45) is 4.31. The highest BCUT2D eigenvalue weighted by atomic mass is 16.2. The molecule has 0 saturated heterocycles. The van der Waals surface area contributed by atoms with Gasteiger partial charge in [-0.3, -0.25) is 14.2 Å². The van der Waals surface area contributed by atoms with Crippen LogP contribution in [0.1, 0.15) is 45.4 Å². The highest BCUT2D eigenvalue weighted by Crippen LogP contribution is 2.15. The maximum Gasteiger partial charge on any atom is 0.346 e. The second kappa shape index (κ2) is 8.86. The Morgan fingerprint density at radius 2 is 1.68 bits per heavy atom. The summed E-state index contributed by atoms with van der Waals surface area (Å²) in [5, 5.41) is 9.91. The first-order valence-electron chi connectivity index (χ1n) is 9.78. The Labute approximate surface area is 163 Å². The van der Waals surface area contributed by atoms with Crippen LogP contribution in [0.25, 0.3) is 0 Å². The number of nitrogens with zero attached hydrogens (tertiary/aromatic N) is 3. The molecule has 0 unspecified atom stereocenters. The van der Waals surface area contributed by atoms with Gasteiger partial charge in [0.15, 0.2) is 0 Å². The summed E-state index contributed by atoms with van der Waals surface area (Å²) < 4.78 is 2.91. The first-order valence-corrected chi connectivity index (χ1v) is 9.78. The molecular weight excluding hydrogens is 358 g/mol. The van der Waals surface area contributed by atoms with Crippen LogP contribution >= 0.6 is 0 Å². The van der Waals surface area contributed by atoms with E-state index in [-0.39, 0.29) is 24.0 Å². The van der Waals surface area contributed by atoms with Gasteiger partial charge in [-0.15, -0.1) is 0 Å². The standard InChI is InChI=1S/C20H27N5O3/c1-14(2)12-18(26)21-15-7-9-16(10-8-15)22-19(27)13-25-20(28)24-11-5-3-4-6-17(24)23-25/h7-10,14H,3-6,11-13H2,1-2H3,(H,21,26)(H,22,27).